The molecule has 1 heterocycles. The van der Waals surface area contributed by atoms with Crippen molar-refractivity contribution in [1.82, 2.24) is 4.90 Å². The van der Waals surface area contributed by atoms with Crippen molar-refractivity contribution in [2.45, 2.75) is 12.6 Å². The van der Waals surface area contributed by atoms with Crippen LogP contribution in [0, 0.1) is 17.2 Å². The summed E-state index contributed by atoms with van der Waals surface area (Å²) in [6.45, 7) is 1.13. The van der Waals surface area contributed by atoms with E-state index in [4.69, 9.17) is 14.7 Å². The number of benzene rings is 1. The van der Waals surface area contributed by atoms with Crippen LogP contribution in [0.2, 0.25) is 0 Å². The largest absolute Gasteiger partial charge is 0.496 e. The molecule has 2 atom stereocenters. The molecular formula is C15H18N2O4. The van der Waals surface area contributed by atoms with Gasteiger partial charge in [-0.25, -0.2) is 0 Å². The molecule has 0 aromatic heterocycles. The van der Waals surface area contributed by atoms with Crippen LogP contribution in [-0.2, 0) is 16.1 Å². The van der Waals surface area contributed by atoms with Gasteiger partial charge in [-0.2, -0.15) is 5.26 Å². The predicted octanol–water partition coefficient (Wildman–Crippen LogP) is 1.10. The normalized spacial score (nSPS) is 21.2. The summed E-state index contributed by atoms with van der Waals surface area (Å²) >= 11 is 0. The number of hydrogen-bond donors (Lipinski definition) is 1. The van der Waals surface area contributed by atoms with E-state index in [2.05, 4.69) is 6.07 Å². The van der Waals surface area contributed by atoms with Crippen molar-refractivity contribution in [3.8, 4) is 11.8 Å². The molecule has 1 fully saturated rings. The van der Waals surface area contributed by atoms with Crippen LogP contribution in [0.25, 0.3) is 0 Å². The molecule has 1 aromatic carbocycles. The topological polar surface area (TPSA) is 82.8 Å². The Balaban J connectivity index is 2.17. The highest BCUT2D eigenvalue weighted by Crippen LogP contribution is 2.25. The average Bonchev–Trinajstić information content (AvgIpc) is 2.96. The lowest BCUT2D eigenvalue weighted by molar-refractivity contribution is -0.143. The Kier molecular flexibility index (Phi) is 4.78. The lowest BCUT2D eigenvalue weighted by atomic mass is 10.0. The number of rotatable bonds is 5. The van der Waals surface area contributed by atoms with E-state index in [0.29, 0.717) is 24.5 Å². The first-order valence-electron chi connectivity index (χ1n) is 6.64. The summed E-state index contributed by atoms with van der Waals surface area (Å²) in [6.07, 6.45) is 0. The van der Waals surface area contributed by atoms with Crippen molar-refractivity contribution in [2.75, 3.05) is 27.4 Å². The number of carboxylic acids is 1. The van der Waals surface area contributed by atoms with Gasteiger partial charge >= 0.3 is 5.97 Å². The minimum Gasteiger partial charge on any atom is -0.496 e. The fourth-order valence-corrected chi connectivity index (χ4v) is 2.57. The molecule has 21 heavy (non-hydrogen) atoms. The number of nitriles is 1. The standard InChI is InChI=1S/C15H18N2O4/c1-17(13-9-21-8-12(13)15(18)19)7-11-5-10(6-16)3-4-14(11)20-2/h3-5,12-13H,7-9H2,1-2H3,(H,18,19). The van der Waals surface area contributed by atoms with Crippen LogP contribution in [0.4, 0.5) is 0 Å². The zero-order valence-corrected chi connectivity index (χ0v) is 12.1. The maximum absolute atomic E-state index is 11.2. The van der Waals surface area contributed by atoms with E-state index < -0.39 is 11.9 Å². The van der Waals surface area contributed by atoms with Crippen LogP contribution in [-0.4, -0.2) is 49.4 Å². The third-order valence-electron chi connectivity index (χ3n) is 3.76. The van der Waals surface area contributed by atoms with E-state index in [1.165, 1.54) is 0 Å². The number of nitrogens with zero attached hydrogens (tertiary/aromatic N) is 2. The summed E-state index contributed by atoms with van der Waals surface area (Å²) in [5, 5.41) is 18.2. The van der Waals surface area contributed by atoms with E-state index >= 15 is 0 Å². The van der Waals surface area contributed by atoms with Gasteiger partial charge in [-0.05, 0) is 25.2 Å². The maximum atomic E-state index is 11.2. The summed E-state index contributed by atoms with van der Waals surface area (Å²) in [7, 11) is 3.43. The first-order chi connectivity index (χ1) is 10.1. The number of carboxylic acid groups (broad SMARTS) is 1. The Bertz CT molecular complexity index is 567. The molecule has 0 spiro atoms. The summed E-state index contributed by atoms with van der Waals surface area (Å²) in [5.74, 6) is -0.686. The second-order valence-corrected chi connectivity index (χ2v) is 5.10. The molecule has 6 heteroatoms. The van der Waals surface area contributed by atoms with Gasteiger partial charge in [0.25, 0.3) is 0 Å². The van der Waals surface area contributed by atoms with E-state index in [9.17, 15) is 9.90 Å². The number of hydrogen-bond acceptors (Lipinski definition) is 5. The fraction of sp³-hybridized carbons (Fsp3) is 0.467. The van der Waals surface area contributed by atoms with Gasteiger partial charge in [0.15, 0.2) is 0 Å². The Morgan fingerprint density at radius 1 is 1.57 bits per heavy atom. The summed E-state index contributed by atoms with van der Waals surface area (Å²) in [5.41, 5.74) is 1.41. The number of aliphatic carboxylic acids is 1. The van der Waals surface area contributed by atoms with E-state index in [-0.39, 0.29) is 12.6 Å². The van der Waals surface area contributed by atoms with Gasteiger partial charge in [0.05, 0.1) is 37.9 Å². The van der Waals surface area contributed by atoms with Crippen molar-refractivity contribution >= 4 is 5.97 Å². The van der Waals surface area contributed by atoms with Crippen molar-refractivity contribution in [3.63, 3.8) is 0 Å². The first kappa shape index (κ1) is 15.3. The van der Waals surface area contributed by atoms with Gasteiger partial charge < -0.3 is 14.6 Å². The van der Waals surface area contributed by atoms with Crippen molar-refractivity contribution in [1.29, 1.82) is 5.26 Å². The summed E-state index contributed by atoms with van der Waals surface area (Å²) in [6, 6.07) is 7.12. The quantitative estimate of drug-likeness (QED) is 0.874. The van der Waals surface area contributed by atoms with Crippen LogP contribution >= 0.6 is 0 Å². The molecule has 0 amide bonds. The SMILES string of the molecule is COc1ccc(C#N)cc1CN(C)C1COCC1C(=O)O. The van der Waals surface area contributed by atoms with E-state index in [1.54, 1.807) is 25.3 Å². The van der Waals surface area contributed by atoms with Crippen LogP contribution in [0.1, 0.15) is 11.1 Å². The molecule has 2 unspecified atom stereocenters. The van der Waals surface area contributed by atoms with Gasteiger partial charge in [0.1, 0.15) is 5.75 Å². The lowest BCUT2D eigenvalue weighted by Gasteiger charge is -2.26. The number of ether oxygens (including phenoxy) is 2. The molecule has 1 N–H and O–H groups in total. The summed E-state index contributed by atoms with van der Waals surface area (Å²) in [4.78, 5) is 13.2. The van der Waals surface area contributed by atoms with Crippen molar-refractivity contribution < 1.29 is 19.4 Å². The van der Waals surface area contributed by atoms with Crippen molar-refractivity contribution in [2.24, 2.45) is 5.92 Å². The van der Waals surface area contributed by atoms with Crippen LogP contribution in [0.5, 0.6) is 5.75 Å². The highest BCUT2D eigenvalue weighted by atomic mass is 16.5. The second kappa shape index (κ2) is 6.57. The molecule has 1 saturated heterocycles. The molecule has 112 valence electrons. The molecule has 0 bridgehead atoms. The van der Waals surface area contributed by atoms with E-state index in [0.717, 1.165) is 5.56 Å². The first-order valence-corrected chi connectivity index (χ1v) is 6.64. The zero-order chi connectivity index (χ0) is 15.4. The number of likely N-dealkylation sites (N-methyl/N-ethyl adjacent to an activating group) is 1. The minimum absolute atomic E-state index is 0.182. The van der Waals surface area contributed by atoms with Gasteiger partial charge in [-0.1, -0.05) is 0 Å². The monoisotopic (exact) mass is 290 g/mol. The van der Waals surface area contributed by atoms with Crippen LogP contribution in [0.3, 0.4) is 0 Å². The number of methoxy groups -OCH3 is 1. The third-order valence-corrected chi connectivity index (χ3v) is 3.76. The fourth-order valence-electron chi connectivity index (χ4n) is 2.57. The lowest BCUT2D eigenvalue weighted by Crippen LogP contribution is -2.40. The molecule has 0 radical (unpaired) electrons. The van der Waals surface area contributed by atoms with Crippen LogP contribution < -0.4 is 4.74 Å². The van der Waals surface area contributed by atoms with Crippen molar-refractivity contribution in [3.05, 3.63) is 29.3 Å². The smallest absolute Gasteiger partial charge is 0.310 e. The highest BCUT2D eigenvalue weighted by molar-refractivity contribution is 5.71. The van der Waals surface area contributed by atoms with Gasteiger partial charge in [-0.15, -0.1) is 0 Å². The predicted molar refractivity (Wildman–Crippen MR) is 74.9 cm³/mol. The number of carbonyl (C=O) groups is 1. The molecule has 1 aliphatic rings. The second-order valence-electron chi connectivity index (χ2n) is 5.10. The highest BCUT2D eigenvalue weighted by Gasteiger charge is 2.36. The zero-order valence-electron chi connectivity index (χ0n) is 12.1. The Morgan fingerprint density at radius 2 is 2.33 bits per heavy atom. The minimum atomic E-state index is -0.845. The maximum Gasteiger partial charge on any atom is 0.310 e. The molecule has 1 aromatic rings. The third kappa shape index (κ3) is 3.32. The Labute approximate surface area is 123 Å². The Hall–Kier alpha value is -2.10. The van der Waals surface area contributed by atoms with E-state index in [1.807, 2.05) is 11.9 Å². The molecule has 6 nitrogen and oxygen atoms in total. The molecule has 0 saturated carbocycles. The summed E-state index contributed by atoms with van der Waals surface area (Å²) < 4.78 is 10.6. The Morgan fingerprint density at radius 3 is 2.95 bits per heavy atom. The van der Waals surface area contributed by atoms with Gasteiger partial charge in [-0.3, -0.25) is 9.69 Å². The molecular weight excluding hydrogens is 272 g/mol. The average molecular weight is 290 g/mol. The molecule has 1 aliphatic heterocycles. The van der Waals surface area contributed by atoms with Gasteiger partial charge in [0, 0.05) is 18.2 Å². The molecule has 0 aliphatic carbocycles. The van der Waals surface area contributed by atoms with Crippen LogP contribution in [0.15, 0.2) is 18.2 Å². The van der Waals surface area contributed by atoms with Gasteiger partial charge in [0.2, 0.25) is 0 Å². The molecule has 2 rings (SSSR count).